The van der Waals surface area contributed by atoms with Crippen LogP contribution >= 0.6 is 22.9 Å². The largest absolute Gasteiger partial charge is 0.358 e. The van der Waals surface area contributed by atoms with Gasteiger partial charge in [-0.25, -0.2) is 0 Å². The molecule has 2 aromatic carbocycles. The SMILES string of the molecule is C#Cc1cccc(N(CC(=O)NC)C(=O)c2ccc(-c3ccc(Cl)cc3)s2)c1. The molecule has 4 nitrogen and oxygen atoms in total. The van der Waals surface area contributed by atoms with Crippen LogP contribution in [-0.2, 0) is 4.79 Å². The second-order valence-corrected chi connectivity index (χ2v) is 7.45. The molecule has 0 radical (unpaired) electrons. The van der Waals surface area contributed by atoms with Crippen LogP contribution in [0.5, 0.6) is 0 Å². The summed E-state index contributed by atoms with van der Waals surface area (Å²) >= 11 is 7.30. The standard InChI is InChI=1S/C22H17ClN2O2S/c1-3-15-5-4-6-18(13-15)25(14-21(26)24-2)22(27)20-12-11-19(28-20)16-7-9-17(23)10-8-16/h1,4-13H,14H2,2H3,(H,24,26). The smallest absolute Gasteiger partial charge is 0.268 e. The Morgan fingerprint density at radius 2 is 1.89 bits per heavy atom. The molecule has 0 saturated heterocycles. The fourth-order valence-corrected chi connectivity index (χ4v) is 3.71. The quantitative estimate of drug-likeness (QED) is 0.634. The van der Waals surface area contributed by atoms with Gasteiger partial charge >= 0.3 is 0 Å². The summed E-state index contributed by atoms with van der Waals surface area (Å²) in [6, 6.07) is 18.1. The van der Waals surface area contributed by atoms with Crippen molar-refractivity contribution in [3.63, 3.8) is 0 Å². The zero-order valence-electron chi connectivity index (χ0n) is 15.1. The van der Waals surface area contributed by atoms with E-state index in [9.17, 15) is 9.59 Å². The molecule has 0 bridgehead atoms. The minimum Gasteiger partial charge on any atom is -0.358 e. The fraction of sp³-hybridized carbons (Fsp3) is 0.0909. The Balaban J connectivity index is 1.94. The first-order chi connectivity index (χ1) is 13.5. The van der Waals surface area contributed by atoms with Crippen molar-refractivity contribution in [3.8, 4) is 22.8 Å². The summed E-state index contributed by atoms with van der Waals surface area (Å²) < 4.78 is 0. The molecule has 0 aliphatic carbocycles. The minimum atomic E-state index is -0.269. The first-order valence-corrected chi connectivity index (χ1v) is 9.66. The van der Waals surface area contributed by atoms with Crippen LogP contribution in [0.15, 0.2) is 60.7 Å². The van der Waals surface area contributed by atoms with E-state index in [0.717, 1.165) is 10.4 Å². The number of halogens is 1. The van der Waals surface area contributed by atoms with Crippen LogP contribution in [0.25, 0.3) is 10.4 Å². The summed E-state index contributed by atoms with van der Waals surface area (Å²) in [6.07, 6.45) is 5.47. The Kier molecular flexibility index (Phi) is 6.15. The third-order valence-corrected chi connectivity index (χ3v) is 5.47. The molecule has 3 rings (SSSR count). The van der Waals surface area contributed by atoms with E-state index in [1.807, 2.05) is 18.2 Å². The van der Waals surface area contributed by atoms with E-state index < -0.39 is 0 Å². The number of benzene rings is 2. The predicted molar refractivity (Wildman–Crippen MR) is 115 cm³/mol. The van der Waals surface area contributed by atoms with Crippen LogP contribution in [-0.4, -0.2) is 25.4 Å². The van der Waals surface area contributed by atoms with Crippen LogP contribution in [0, 0.1) is 12.3 Å². The monoisotopic (exact) mass is 408 g/mol. The van der Waals surface area contributed by atoms with Gasteiger partial charge in [0.15, 0.2) is 0 Å². The van der Waals surface area contributed by atoms with Gasteiger partial charge < -0.3 is 5.32 Å². The van der Waals surface area contributed by atoms with Gasteiger partial charge in [-0.1, -0.05) is 35.7 Å². The lowest BCUT2D eigenvalue weighted by Crippen LogP contribution is -2.39. The maximum Gasteiger partial charge on any atom is 0.268 e. The van der Waals surface area contributed by atoms with Crippen LogP contribution in [0.2, 0.25) is 5.02 Å². The highest BCUT2D eigenvalue weighted by Crippen LogP contribution is 2.30. The number of thiophene rings is 1. The Morgan fingerprint density at radius 1 is 1.14 bits per heavy atom. The van der Waals surface area contributed by atoms with Crippen molar-refractivity contribution in [1.82, 2.24) is 5.32 Å². The van der Waals surface area contributed by atoms with Crippen LogP contribution in [0.3, 0.4) is 0 Å². The Hall–Kier alpha value is -3.07. The topological polar surface area (TPSA) is 49.4 Å². The third-order valence-electron chi connectivity index (χ3n) is 4.10. The molecule has 0 fully saturated rings. The van der Waals surface area contributed by atoms with E-state index in [4.69, 9.17) is 18.0 Å². The van der Waals surface area contributed by atoms with Gasteiger partial charge in [-0.3, -0.25) is 14.5 Å². The van der Waals surface area contributed by atoms with Crippen molar-refractivity contribution in [3.05, 3.63) is 76.1 Å². The minimum absolute atomic E-state index is 0.0997. The van der Waals surface area contributed by atoms with Gasteiger partial charge in [-0.15, -0.1) is 17.8 Å². The van der Waals surface area contributed by atoms with Crippen molar-refractivity contribution >= 4 is 40.4 Å². The molecule has 28 heavy (non-hydrogen) atoms. The molecule has 0 spiro atoms. The fourth-order valence-electron chi connectivity index (χ4n) is 2.62. The molecular formula is C22H17ClN2O2S. The molecule has 6 heteroatoms. The Labute approximate surface area is 172 Å². The highest BCUT2D eigenvalue weighted by Gasteiger charge is 2.22. The number of terminal acetylenes is 1. The lowest BCUT2D eigenvalue weighted by atomic mass is 10.2. The summed E-state index contributed by atoms with van der Waals surface area (Å²) in [4.78, 5) is 28.1. The zero-order valence-corrected chi connectivity index (χ0v) is 16.7. The first-order valence-electron chi connectivity index (χ1n) is 8.46. The normalized spacial score (nSPS) is 10.2. The van der Waals surface area contributed by atoms with Gasteiger partial charge in [0.05, 0.1) is 4.88 Å². The molecule has 0 aliphatic heterocycles. The zero-order chi connectivity index (χ0) is 20.1. The van der Waals surface area contributed by atoms with E-state index in [2.05, 4.69) is 11.2 Å². The number of likely N-dealkylation sites (N-methyl/N-ethyl adjacent to an activating group) is 1. The molecule has 1 heterocycles. The van der Waals surface area contributed by atoms with E-state index in [1.165, 1.54) is 23.3 Å². The second-order valence-electron chi connectivity index (χ2n) is 5.93. The summed E-state index contributed by atoms with van der Waals surface area (Å²) in [7, 11) is 1.53. The Bertz CT molecular complexity index is 1050. The molecule has 0 unspecified atom stereocenters. The summed E-state index contributed by atoms with van der Waals surface area (Å²) in [5, 5.41) is 3.21. The van der Waals surface area contributed by atoms with Crippen molar-refractivity contribution in [1.29, 1.82) is 0 Å². The maximum absolute atomic E-state index is 13.2. The van der Waals surface area contributed by atoms with Gasteiger partial charge in [-0.2, -0.15) is 0 Å². The molecule has 0 aliphatic rings. The molecular weight excluding hydrogens is 392 g/mol. The lowest BCUT2D eigenvalue weighted by molar-refractivity contribution is -0.119. The van der Waals surface area contributed by atoms with Gasteiger partial charge in [0, 0.05) is 28.2 Å². The molecule has 3 aromatic rings. The van der Waals surface area contributed by atoms with Crippen molar-refractivity contribution in [2.45, 2.75) is 0 Å². The van der Waals surface area contributed by atoms with Gasteiger partial charge in [0.25, 0.3) is 5.91 Å². The number of hydrogen-bond acceptors (Lipinski definition) is 3. The summed E-state index contributed by atoms with van der Waals surface area (Å²) in [5.41, 5.74) is 2.19. The highest BCUT2D eigenvalue weighted by molar-refractivity contribution is 7.17. The van der Waals surface area contributed by atoms with Gasteiger partial charge in [0.2, 0.25) is 5.91 Å². The third kappa shape index (κ3) is 4.42. The molecule has 1 aromatic heterocycles. The van der Waals surface area contributed by atoms with Crippen molar-refractivity contribution in [2.24, 2.45) is 0 Å². The number of carbonyl (C=O) groups is 2. The van der Waals surface area contributed by atoms with E-state index in [1.54, 1.807) is 42.5 Å². The molecule has 0 atom stereocenters. The highest BCUT2D eigenvalue weighted by atomic mass is 35.5. The van der Waals surface area contributed by atoms with E-state index in [0.29, 0.717) is 21.2 Å². The van der Waals surface area contributed by atoms with Crippen LogP contribution < -0.4 is 10.2 Å². The Morgan fingerprint density at radius 3 is 2.57 bits per heavy atom. The van der Waals surface area contributed by atoms with E-state index in [-0.39, 0.29) is 18.4 Å². The average Bonchev–Trinajstić information content (AvgIpc) is 3.22. The lowest BCUT2D eigenvalue weighted by Gasteiger charge is -2.21. The maximum atomic E-state index is 13.2. The number of nitrogens with one attached hydrogen (secondary N) is 1. The molecule has 0 saturated carbocycles. The molecule has 2 amide bonds. The van der Waals surface area contributed by atoms with E-state index >= 15 is 0 Å². The van der Waals surface area contributed by atoms with Crippen LogP contribution in [0.4, 0.5) is 5.69 Å². The number of amides is 2. The number of rotatable bonds is 5. The van der Waals surface area contributed by atoms with Crippen LogP contribution in [0.1, 0.15) is 15.2 Å². The number of carbonyl (C=O) groups excluding carboxylic acids is 2. The number of hydrogen-bond donors (Lipinski definition) is 1. The first kappa shape index (κ1) is 19.7. The van der Waals surface area contributed by atoms with Gasteiger partial charge in [-0.05, 0) is 48.0 Å². The second kappa shape index (κ2) is 8.75. The predicted octanol–water partition coefficient (Wildman–Crippen LogP) is 4.44. The summed E-state index contributed by atoms with van der Waals surface area (Å²) in [6.45, 7) is -0.0997. The van der Waals surface area contributed by atoms with Crippen molar-refractivity contribution < 1.29 is 9.59 Å². The van der Waals surface area contributed by atoms with Crippen molar-refractivity contribution in [2.75, 3.05) is 18.5 Å². The number of nitrogens with zero attached hydrogens (tertiary/aromatic N) is 1. The summed E-state index contributed by atoms with van der Waals surface area (Å²) in [5.74, 6) is 2.02. The average molecular weight is 409 g/mol. The van der Waals surface area contributed by atoms with Gasteiger partial charge in [0.1, 0.15) is 6.54 Å². The molecule has 1 N–H and O–H groups in total. The number of anilines is 1. The molecule has 140 valence electrons.